The zero-order valence-electron chi connectivity index (χ0n) is 13.1. The van der Waals surface area contributed by atoms with Crippen molar-refractivity contribution in [2.45, 2.75) is 51.0 Å². The first-order valence-corrected chi connectivity index (χ1v) is 9.09. The van der Waals surface area contributed by atoms with Gasteiger partial charge in [0.05, 0.1) is 0 Å². The van der Waals surface area contributed by atoms with Gasteiger partial charge in [0, 0.05) is 36.4 Å². The highest BCUT2D eigenvalue weighted by atomic mass is 32.1. The molecule has 0 aliphatic carbocycles. The SMILES string of the molecule is O=C(CCc1cc(=O)[nH]o1)N1CCCC[C@H]1CCc1cccs1. The molecular formula is C17H22N2O3S. The number of rotatable bonds is 6. The molecule has 0 unspecified atom stereocenters. The number of hydrogen-bond acceptors (Lipinski definition) is 4. The first-order chi connectivity index (χ1) is 11.2. The molecule has 1 fully saturated rings. The van der Waals surface area contributed by atoms with Crippen LogP contribution in [0.2, 0.25) is 0 Å². The number of hydrogen-bond donors (Lipinski definition) is 1. The summed E-state index contributed by atoms with van der Waals surface area (Å²) in [5.74, 6) is 0.722. The molecule has 6 heteroatoms. The van der Waals surface area contributed by atoms with Crippen molar-refractivity contribution < 1.29 is 9.32 Å². The van der Waals surface area contributed by atoms with Crippen LogP contribution in [0.5, 0.6) is 0 Å². The van der Waals surface area contributed by atoms with Crippen molar-refractivity contribution in [2.24, 2.45) is 0 Å². The first-order valence-electron chi connectivity index (χ1n) is 8.21. The van der Waals surface area contributed by atoms with Crippen LogP contribution in [0, 0.1) is 0 Å². The molecule has 1 N–H and O–H groups in total. The number of nitrogens with one attached hydrogen (secondary N) is 1. The molecule has 1 amide bonds. The molecule has 0 radical (unpaired) electrons. The predicted molar refractivity (Wildman–Crippen MR) is 89.6 cm³/mol. The maximum atomic E-state index is 12.5. The maximum absolute atomic E-state index is 12.5. The van der Waals surface area contributed by atoms with E-state index in [-0.39, 0.29) is 11.5 Å². The lowest BCUT2D eigenvalue weighted by Gasteiger charge is -2.36. The first kappa shape index (κ1) is 16.1. The molecule has 23 heavy (non-hydrogen) atoms. The molecule has 0 aromatic carbocycles. The highest BCUT2D eigenvalue weighted by molar-refractivity contribution is 7.09. The molecule has 3 heterocycles. The van der Waals surface area contributed by atoms with Crippen LogP contribution in [0.1, 0.15) is 42.7 Å². The fraction of sp³-hybridized carbons (Fsp3) is 0.529. The quantitative estimate of drug-likeness (QED) is 0.883. The number of thiophene rings is 1. The minimum absolute atomic E-state index is 0.171. The fourth-order valence-electron chi connectivity index (χ4n) is 3.21. The fourth-order valence-corrected chi connectivity index (χ4v) is 3.94. The second-order valence-electron chi connectivity index (χ2n) is 6.03. The number of likely N-dealkylation sites (tertiary alicyclic amines) is 1. The van der Waals surface area contributed by atoms with E-state index in [0.29, 0.717) is 24.6 Å². The van der Waals surface area contributed by atoms with E-state index in [0.717, 1.165) is 32.2 Å². The third-order valence-corrected chi connectivity index (χ3v) is 5.35. The molecule has 124 valence electrons. The van der Waals surface area contributed by atoms with Crippen LogP contribution in [-0.2, 0) is 17.6 Å². The van der Waals surface area contributed by atoms with Crippen LogP contribution >= 0.6 is 11.3 Å². The van der Waals surface area contributed by atoms with Crippen LogP contribution in [0.3, 0.4) is 0 Å². The summed E-state index contributed by atoms with van der Waals surface area (Å²) in [6.07, 6.45) is 6.33. The summed E-state index contributed by atoms with van der Waals surface area (Å²) in [5, 5.41) is 4.36. The van der Waals surface area contributed by atoms with E-state index < -0.39 is 0 Å². The molecule has 2 aromatic rings. The Morgan fingerprint density at radius 2 is 2.30 bits per heavy atom. The third kappa shape index (κ3) is 4.34. The van der Waals surface area contributed by atoms with E-state index >= 15 is 0 Å². The van der Waals surface area contributed by atoms with Crippen LogP contribution in [0.15, 0.2) is 32.9 Å². The molecule has 5 nitrogen and oxygen atoms in total. The molecule has 1 atom stereocenters. The van der Waals surface area contributed by atoms with Gasteiger partial charge in [0.15, 0.2) is 0 Å². The lowest BCUT2D eigenvalue weighted by Crippen LogP contribution is -2.44. The van der Waals surface area contributed by atoms with Gasteiger partial charge < -0.3 is 9.42 Å². The zero-order chi connectivity index (χ0) is 16.1. The molecule has 1 aliphatic heterocycles. The van der Waals surface area contributed by atoms with Crippen molar-refractivity contribution in [2.75, 3.05) is 6.54 Å². The van der Waals surface area contributed by atoms with Gasteiger partial charge in [-0.15, -0.1) is 11.3 Å². The number of H-pyrrole nitrogens is 1. The number of aromatic nitrogens is 1. The monoisotopic (exact) mass is 334 g/mol. The normalized spacial score (nSPS) is 18.3. The predicted octanol–water partition coefficient (Wildman–Crippen LogP) is 2.98. The minimum atomic E-state index is -0.251. The Labute approximate surface area is 139 Å². The van der Waals surface area contributed by atoms with Gasteiger partial charge in [0.25, 0.3) is 5.56 Å². The molecule has 0 bridgehead atoms. The van der Waals surface area contributed by atoms with E-state index in [4.69, 9.17) is 4.52 Å². The topological polar surface area (TPSA) is 66.3 Å². The number of carbonyl (C=O) groups is 1. The minimum Gasteiger partial charge on any atom is -0.384 e. The number of aromatic amines is 1. The third-order valence-electron chi connectivity index (χ3n) is 4.41. The van der Waals surface area contributed by atoms with E-state index in [2.05, 4.69) is 22.7 Å². The average Bonchev–Trinajstić information content (AvgIpc) is 3.22. The van der Waals surface area contributed by atoms with Crippen LogP contribution < -0.4 is 5.56 Å². The van der Waals surface area contributed by atoms with Gasteiger partial charge in [0.2, 0.25) is 5.91 Å². The van der Waals surface area contributed by atoms with Gasteiger partial charge >= 0.3 is 0 Å². The van der Waals surface area contributed by atoms with Gasteiger partial charge in [-0.1, -0.05) is 6.07 Å². The van der Waals surface area contributed by atoms with Gasteiger partial charge in [-0.3, -0.25) is 9.59 Å². The lowest BCUT2D eigenvalue weighted by atomic mass is 9.97. The summed E-state index contributed by atoms with van der Waals surface area (Å²) in [5.41, 5.74) is -0.251. The number of carbonyl (C=O) groups excluding carboxylic acids is 1. The summed E-state index contributed by atoms with van der Waals surface area (Å²) in [6, 6.07) is 6.00. The van der Waals surface area contributed by atoms with Gasteiger partial charge in [0.1, 0.15) is 5.76 Å². The molecular weight excluding hydrogens is 312 g/mol. The average molecular weight is 334 g/mol. The van der Waals surface area contributed by atoms with Crippen molar-refractivity contribution in [3.63, 3.8) is 0 Å². The van der Waals surface area contributed by atoms with Crippen molar-refractivity contribution in [1.29, 1.82) is 0 Å². The molecule has 3 rings (SSSR count). The molecule has 1 saturated heterocycles. The number of nitrogens with zero attached hydrogens (tertiary/aromatic N) is 1. The van der Waals surface area contributed by atoms with Crippen molar-refractivity contribution >= 4 is 17.2 Å². The van der Waals surface area contributed by atoms with Crippen LogP contribution in [0.25, 0.3) is 0 Å². The summed E-state index contributed by atoms with van der Waals surface area (Å²) >= 11 is 1.78. The van der Waals surface area contributed by atoms with E-state index in [1.807, 2.05) is 4.90 Å². The largest absolute Gasteiger partial charge is 0.384 e. The summed E-state index contributed by atoms with van der Waals surface area (Å²) in [7, 11) is 0. The molecule has 0 saturated carbocycles. The van der Waals surface area contributed by atoms with E-state index in [1.165, 1.54) is 17.4 Å². The Bertz CT molecular complexity index is 674. The number of aryl methyl sites for hydroxylation is 2. The Hall–Kier alpha value is -1.82. The Morgan fingerprint density at radius 1 is 1.39 bits per heavy atom. The molecule has 0 spiro atoms. The highest BCUT2D eigenvalue weighted by Crippen LogP contribution is 2.23. The van der Waals surface area contributed by atoms with Gasteiger partial charge in [-0.2, -0.15) is 5.16 Å². The molecule has 1 aliphatic rings. The lowest BCUT2D eigenvalue weighted by molar-refractivity contribution is -0.135. The Balaban J connectivity index is 1.54. The van der Waals surface area contributed by atoms with E-state index in [9.17, 15) is 9.59 Å². The van der Waals surface area contributed by atoms with Gasteiger partial charge in [-0.25, -0.2) is 0 Å². The zero-order valence-corrected chi connectivity index (χ0v) is 13.9. The summed E-state index contributed by atoms with van der Waals surface area (Å²) < 4.78 is 5.02. The second-order valence-corrected chi connectivity index (χ2v) is 7.07. The van der Waals surface area contributed by atoms with E-state index in [1.54, 1.807) is 11.3 Å². The smallest absolute Gasteiger partial charge is 0.280 e. The van der Waals surface area contributed by atoms with Crippen molar-refractivity contribution in [3.8, 4) is 0 Å². The van der Waals surface area contributed by atoms with Crippen LogP contribution in [0.4, 0.5) is 0 Å². The number of piperidine rings is 1. The summed E-state index contributed by atoms with van der Waals surface area (Å²) in [6.45, 7) is 0.852. The van der Waals surface area contributed by atoms with Crippen molar-refractivity contribution in [3.05, 3.63) is 44.6 Å². The Morgan fingerprint density at radius 3 is 3.04 bits per heavy atom. The van der Waals surface area contributed by atoms with Gasteiger partial charge in [-0.05, 0) is 43.6 Å². The second kappa shape index (κ2) is 7.64. The molecule has 2 aromatic heterocycles. The van der Waals surface area contributed by atoms with Crippen molar-refractivity contribution in [1.82, 2.24) is 10.1 Å². The van der Waals surface area contributed by atoms with Crippen LogP contribution in [-0.4, -0.2) is 28.6 Å². The standard InChI is InChI=1S/C17H22N2O3S/c20-16-12-14(22-18-16)7-9-17(21)19-10-2-1-4-13(19)6-8-15-5-3-11-23-15/h3,5,11-13H,1-2,4,6-10H2,(H,18,20)/t13-/m0/s1. The number of amides is 1. The maximum Gasteiger partial charge on any atom is 0.280 e. The highest BCUT2D eigenvalue weighted by Gasteiger charge is 2.26. The Kier molecular flexibility index (Phi) is 5.33. The summed E-state index contributed by atoms with van der Waals surface area (Å²) in [4.78, 5) is 27.0.